The lowest BCUT2D eigenvalue weighted by Gasteiger charge is -2.06. The predicted octanol–water partition coefficient (Wildman–Crippen LogP) is 4.39. The second kappa shape index (κ2) is 8.52. The topological polar surface area (TPSA) is 85.6 Å². The van der Waals surface area contributed by atoms with Gasteiger partial charge in [-0.25, -0.2) is 9.18 Å². The Hall–Kier alpha value is -3.74. The van der Waals surface area contributed by atoms with Crippen LogP contribution in [-0.2, 0) is 9.53 Å². The molecule has 7 heteroatoms. The molecule has 1 N–H and O–H groups in total. The summed E-state index contributed by atoms with van der Waals surface area (Å²) in [5.74, 6) is -1.54. The minimum Gasteiger partial charge on any atom is -0.450 e. The van der Waals surface area contributed by atoms with Crippen molar-refractivity contribution in [2.75, 3.05) is 11.9 Å². The molecule has 29 heavy (non-hydrogen) atoms. The molecule has 3 rings (SSSR count). The van der Waals surface area contributed by atoms with E-state index in [0.717, 1.165) is 0 Å². The zero-order chi connectivity index (χ0) is 21.0. The summed E-state index contributed by atoms with van der Waals surface area (Å²) in [5, 5.41) is 2.45. The largest absolute Gasteiger partial charge is 0.450 e. The predicted molar refractivity (Wildman–Crippen MR) is 104 cm³/mol. The van der Waals surface area contributed by atoms with Gasteiger partial charge in [0.1, 0.15) is 11.6 Å². The molecule has 148 valence electrons. The van der Waals surface area contributed by atoms with Crippen LogP contribution in [0.25, 0.3) is 11.3 Å². The van der Waals surface area contributed by atoms with Crippen LogP contribution >= 0.6 is 0 Å². The number of halogens is 1. The maximum atomic E-state index is 13.5. The molecule has 0 aliphatic heterocycles. The zero-order valence-corrected chi connectivity index (χ0v) is 15.8. The number of anilines is 1. The van der Waals surface area contributed by atoms with Gasteiger partial charge in [-0.1, -0.05) is 30.3 Å². The van der Waals surface area contributed by atoms with E-state index < -0.39 is 24.3 Å². The number of benzene rings is 2. The van der Waals surface area contributed by atoms with Gasteiger partial charge < -0.3 is 14.5 Å². The average molecular weight is 395 g/mol. The minimum atomic E-state index is -0.804. The maximum absolute atomic E-state index is 13.5. The second-order valence-corrected chi connectivity index (χ2v) is 6.39. The lowest BCUT2D eigenvalue weighted by Crippen LogP contribution is -2.20. The summed E-state index contributed by atoms with van der Waals surface area (Å²) in [6, 6.07) is 14.0. The van der Waals surface area contributed by atoms with Crippen molar-refractivity contribution in [3.8, 4) is 11.3 Å². The number of nitrogens with one attached hydrogen (secondary N) is 1. The molecule has 2 aromatic carbocycles. The molecule has 6 nitrogen and oxygen atoms in total. The standard InChI is InChI=1S/C22H18FNO5/c1-13-3-8-17(11-18(13)23)24-21(26)12-28-22(27)20-10-9-19(29-20)16-6-4-15(5-7-16)14(2)25/h3-11H,12H2,1-2H3,(H,24,26). The van der Waals surface area contributed by atoms with Gasteiger partial charge in [0.2, 0.25) is 5.76 Å². The van der Waals surface area contributed by atoms with Crippen molar-refractivity contribution in [3.63, 3.8) is 0 Å². The fourth-order valence-corrected chi connectivity index (χ4v) is 2.54. The summed E-state index contributed by atoms with van der Waals surface area (Å²) >= 11 is 0. The van der Waals surface area contributed by atoms with Crippen molar-refractivity contribution in [3.05, 3.63) is 77.3 Å². The maximum Gasteiger partial charge on any atom is 0.374 e. The molecule has 0 radical (unpaired) electrons. The van der Waals surface area contributed by atoms with Crippen LogP contribution in [0.4, 0.5) is 10.1 Å². The molecule has 0 unspecified atom stereocenters. The van der Waals surface area contributed by atoms with Gasteiger partial charge in [0.05, 0.1) is 0 Å². The molecule has 0 aliphatic carbocycles. The van der Waals surface area contributed by atoms with Gasteiger partial charge in [-0.3, -0.25) is 9.59 Å². The number of ketones is 1. The number of Topliss-reactive ketones (excluding diaryl/α,β-unsaturated/α-hetero) is 1. The van der Waals surface area contributed by atoms with Crippen molar-refractivity contribution < 1.29 is 27.9 Å². The summed E-state index contributed by atoms with van der Waals surface area (Å²) in [6.45, 7) is 2.54. The molecule has 0 bridgehead atoms. The highest BCUT2D eigenvalue weighted by Gasteiger charge is 2.16. The third kappa shape index (κ3) is 4.95. The summed E-state index contributed by atoms with van der Waals surface area (Å²) in [5.41, 5.74) is 1.98. The summed E-state index contributed by atoms with van der Waals surface area (Å²) < 4.78 is 23.9. The molecular weight excluding hydrogens is 377 g/mol. The molecule has 0 spiro atoms. The zero-order valence-electron chi connectivity index (χ0n) is 15.8. The van der Waals surface area contributed by atoms with E-state index in [-0.39, 0.29) is 17.2 Å². The molecule has 0 saturated carbocycles. The monoisotopic (exact) mass is 395 g/mol. The number of hydrogen-bond donors (Lipinski definition) is 1. The van der Waals surface area contributed by atoms with E-state index >= 15 is 0 Å². The van der Waals surface area contributed by atoms with Gasteiger partial charge in [-0.15, -0.1) is 0 Å². The smallest absolute Gasteiger partial charge is 0.374 e. The fourth-order valence-electron chi connectivity index (χ4n) is 2.54. The molecule has 1 aromatic heterocycles. The number of carbonyl (C=O) groups excluding carboxylic acids is 3. The first kappa shape index (κ1) is 20.0. The Balaban J connectivity index is 1.57. The second-order valence-electron chi connectivity index (χ2n) is 6.39. The van der Waals surface area contributed by atoms with Gasteiger partial charge >= 0.3 is 5.97 Å². The Morgan fingerprint density at radius 1 is 1.03 bits per heavy atom. The van der Waals surface area contributed by atoms with Crippen molar-refractivity contribution in [1.29, 1.82) is 0 Å². The minimum absolute atomic E-state index is 0.0492. The number of amides is 1. The Kier molecular flexibility index (Phi) is 5.87. The van der Waals surface area contributed by atoms with E-state index in [1.165, 1.54) is 25.1 Å². The highest BCUT2D eigenvalue weighted by molar-refractivity contribution is 5.95. The van der Waals surface area contributed by atoms with E-state index in [0.29, 0.717) is 22.5 Å². The first-order valence-corrected chi connectivity index (χ1v) is 8.78. The third-order valence-electron chi connectivity index (χ3n) is 4.17. The van der Waals surface area contributed by atoms with Crippen molar-refractivity contribution in [1.82, 2.24) is 0 Å². The molecular formula is C22H18FNO5. The SMILES string of the molecule is CC(=O)c1ccc(-c2ccc(C(=O)OCC(=O)Nc3ccc(C)c(F)c3)o2)cc1. The van der Waals surface area contributed by atoms with E-state index in [9.17, 15) is 18.8 Å². The number of hydrogen-bond acceptors (Lipinski definition) is 5. The lowest BCUT2D eigenvalue weighted by atomic mass is 10.1. The Bertz CT molecular complexity index is 1070. The van der Waals surface area contributed by atoms with Crippen LogP contribution in [0.3, 0.4) is 0 Å². The molecule has 0 fully saturated rings. The van der Waals surface area contributed by atoms with Gasteiger partial charge in [0, 0.05) is 16.8 Å². The number of furan rings is 1. The van der Waals surface area contributed by atoms with Crippen LogP contribution in [0, 0.1) is 12.7 Å². The van der Waals surface area contributed by atoms with Crippen LogP contribution in [0.1, 0.15) is 33.4 Å². The van der Waals surface area contributed by atoms with E-state index in [2.05, 4.69) is 5.32 Å². The van der Waals surface area contributed by atoms with Gasteiger partial charge in [-0.2, -0.15) is 0 Å². The number of aryl methyl sites for hydroxylation is 1. The highest BCUT2D eigenvalue weighted by atomic mass is 19.1. The highest BCUT2D eigenvalue weighted by Crippen LogP contribution is 2.23. The average Bonchev–Trinajstić information content (AvgIpc) is 3.19. The molecule has 0 aliphatic rings. The number of carbonyl (C=O) groups is 3. The summed E-state index contributed by atoms with van der Waals surface area (Å²) in [6.07, 6.45) is 0. The number of rotatable bonds is 6. The van der Waals surface area contributed by atoms with Crippen LogP contribution in [0.15, 0.2) is 59.0 Å². The van der Waals surface area contributed by atoms with Gasteiger partial charge in [0.15, 0.2) is 12.4 Å². The van der Waals surface area contributed by atoms with E-state index in [4.69, 9.17) is 9.15 Å². The first-order chi connectivity index (χ1) is 13.8. The Morgan fingerprint density at radius 2 is 1.76 bits per heavy atom. The van der Waals surface area contributed by atoms with Crippen LogP contribution in [-0.4, -0.2) is 24.3 Å². The van der Waals surface area contributed by atoms with Crippen molar-refractivity contribution in [2.24, 2.45) is 0 Å². The quantitative estimate of drug-likeness (QED) is 0.494. The van der Waals surface area contributed by atoms with Crippen molar-refractivity contribution in [2.45, 2.75) is 13.8 Å². The fraction of sp³-hybridized carbons (Fsp3) is 0.136. The normalized spacial score (nSPS) is 10.4. The Labute approximate surface area is 166 Å². The molecule has 0 saturated heterocycles. The lowest BCUT2D eigenvalue weighted by molar-refractivity contribution is -0.119. The van der Waals surface area contributed by atoms with E-state index in [1.54, 1.807) is 43.3 Å². The van der Waals surface area contributed by atoms with E-state index in [1.807, 2.05) is 0 Å². The first-order valence-electron chi connectivity index (χ1n) is 8.78. The van der Waals surface area contributed by atoms with Crippen molar-refractivity contribution >= 4 is 23.3 Å². The number of esters is 1. The molecule has 0 atom stereocenters. The molecule has 3 aromatic rings. The van der Waals surface area contributed by atoms with Crippen LogP contribution in [0.2, 0.25) is 0 Å². The van der Waals surface area contributed by atoms with Crippen LogP contribution < -0.4 is 5.32 Å². The van der Waals surface area contributed by atoms with Gasteiger partial charge in [0.25, 0.3) is 5.91 Å². The summed E-state index contributed by atoms with van der Waals surface area (Å²) in [7, 11) is 0. The van der Waals surface area contributed by atoms with Gasteiger partial charge in [-0.05, 0) is 43.7 Å². The van der Waals surface area contributed by atoms with Crippen LogP contribution in [0.5, 0.6) is 0 Å². The third-order valence-corrected chi connectivity index (χ3v) is 4.17. The summed E-state index contributed by atoms with van der Waals surface area (Å²) in [4.78, 5) is 35.3. The molecule has 1 amide bonds. The molecule has 1 heterocycles. The Morgan fingerprint density at radius 3 is 2.41 bits per heavy atom. The number of ether oxygens (including phenoxy) is 1.